The van der Waals surface area contributed by atoms with E-state index in [9.17, 15) is 0 Å². The van der Waals surface area contributed by atoms with Crippen LogP contribution in [0.2, 0.25) is 0 Å². The Morgan fingerprint density at radius 3 is 2.89 bits per heavy atom. The maximum absolute atomic E-state index is 6.46. The largest absolute Gasteiger partial charge is 0.493 e. The third-order valence-corrected chi connectivity index (χ3v) is 5.16. The van der Waals surface area contributed by atoms with Crippen molar-refractivity contribution in [3.05, 3.63) is 11.9 Å². The molecule has 4 heteroatoms. The van der Waals surface area contributed by atoms with Gasteiger partial charge in [0.25, 0.3) is 0 Å². The summed E-state index contributed by atoms with van der Waals surface area (Å²) in [4.78, 5) is 0. The number of nitrogens with two attached hydrogens (primary N) is 1. The van der Waals surface area contributed by atoms with E-state index in [1.807, 2.05) is 4.68 Å². The van der Waals surface area contributed by atoms with Crippen molar-refractivity contribution < 1.29 is 4.74 Å². The van der Waals surface area contributed by atoms with Crippen LogP contribution in [0, 0.1) is 17.8 Å². The molecule has 106 valence electrons. The molecule has 0 amide bonds. The van der Waals surface area contributed by atoms with Crippen LogP contribution in [0.3, 0.4) is 0 Å². The summed E-state index contributed by atoms with van der Waals surface area (Å²) in [5, 5.41) is 4.36. The quantitative estimate of drug-likeness (QED) is 0.888. The first kappa shape index (κ1) is 13.0. The molecule has 2 aliphatic carbocycles. The minimum absolute atomic E-state index is 0.0572. The van der Waals surface area contributed by atoms with Crippen molar-refractivity contribution in [1.29, 1.82) is 0 Å². The molecule has 3 rings (SSSR count). The van der Waals surface area contributed by atoms with E-state index in [1.165, 1.54) is 25.7 Å². The van der Waals surface area contributed by atoms with E-state index < -0.39 is 0 Å². The van der Waals surface area contributed by atoms with E-state index >= 15 is 0 Å². The van der Waals surface area contributed by atoms with Gasteiger partial charge in [-0.25, -0.2) is 0 Å². The third kappa shape index (κ3) is 2.27. The first-order valence-electron chi connectivity index (χ1n) is 7.58. The average molecular weight is 263 g/mol. The highest BCUT2D eigenvalue weighted by Crippen LogP contribution is 2.51. The molecule has 2 aliphatic rings. The second kappa shape index (κ2) is 5.16. The van der Waals surface area contributed by atoms with Crippen LogP contribution < -0.4 is 10.5 Å². The number of methoxy groups -OCH3 is 1. The van der Waals surface area contributed by atoms with Crippen molar-refractivity contribution in [3.8, 4) is 5.75 Å². The molecule has 2 fully saturated rings. The number of hydrogen-bond donors (Lipinski definition) is 1. The lowest BCUT2D eigenvalue weighted by atomic mass is 9.83. The molecule has 0 saturated heterocycles. The lowest BCUT2D eigenvalue weighted by molar-refractivity contribution is 0.288. The minimum Gasteiger partial charge on any atom is -0.493 e. The Labute approximate surface area is 115 Å². The van der Waals surface area contributed by atoms with Gasteiger partial charge in [0.15, 0.2) is 5.75 Å². The molecule has 1 aromatic rings. The van der Waals surface area contributed by atoms with Crippen LogP contribution in [0.1, 0.15) is 50.8 Å². The molecule has 19 heavy (non-hydrogen) atoms. The fourth-order valence-corrected chi connectivity index (χ4v) is 4.26. The predicted molar refractivity (Wildman–Crippen MR) is 74.9 cm³/mol. The second-order valence-electron chi connectivity index (χ2n) is 6.19. The highest BCUT2D eigenvalue weighted by atomic mass is 16.5. The number of nitrogens with zero attached hydrogens (tertiary/aromatic N) is 2. The molecule has 1 heterocycles. The average Bonchev–Trinajstić information content (AvgIpc) is 3.12. The molecule has 0 radical (unpaired) electrons. The van der Waals surface area contributed by atoms with Crippen molar-refractivity contribution in [3.63, 3.8) is 0 Å². The van der Waals surface area contributed by atoms with Crippen LogP contribution in [-0.4, -0.2) is 16.9 Å². The molecule has 2 bridgehead atoms. The Morgan fingerprint density at radius 1 is 1.47 bits per heavy atom. The van der Waals surface area contributed by atoms with Gasteiger partial charge in [-0.15, -0.1) is 0 Å². The van der Waals surface area contributed by atoms with Gasteiger partial charge in [0, 0.05) is 6.54 Å². The van der Waals surface area contributed by atoms with Crippen LogP contribution >= 0.6 is 0 Å². The van der Waals surface area contributed by atoms with Gasteiger partial charge in [-0.05, 0) is 50.4 Å². The monoisotopic (exact) mass is 263 g/mol. The first-order chi connectivity index (χ1) is 9.22. The fraction of sp³-hybridized carbons (Fsp3) is 0.800. The summed E-state index contributed by atoms with van der Waals surface area (Å²) in [5.41, 5.74) is 7.54. The molecule has 4 nitrogen and oxygen atoms in total. The Hall–Kier alpha value is -1.03. The van der Waals surface area contributed by atoms with Crippen LogP contribution in [0.4, 0.5) is 0 Å². The van der Waals surface area contributed by atoms with E-state index in [1.54, 1.807) is 13.3 Å². The molecule has 0 spiro atoms. The lowest BCUT2D eigenvalue weighted by Gasteiger charge is -2.25. The molecule has 0 aromatic carbocycles. The molecule has 0 aliphatic heterocycles. The van der Waals surface area contributed by atoms with Crippen molar-refractivity contribution >= 4 is 0 Å². The molecule has 1 aromatic heterocycles. The summed E-state index contributed by atoms with van der Waals surface area (Å²) in [5.74, 6) is 3.58. The van der Waals surface area contributed by atoms with Crippen molar-refractivity contribution in [2.75, 3.05) is 7.11 Å². The van der Waals surface area contributed by atoms with Gasteiger partial charge in [0.1, 0.15) is 0 Å². The third-order valence-electron chi connectivity index (χ3n) is 5.16. The van der Waals surface area contributed by atoms with Gasteiger partial charge in [0.05, 0.1) is 25.0 Å². The highest BCUT2D eigenvalue weighted by molar-refractivity contribution is 5.28. The van der Waals surface area contributed by atoms with Gasteiger partial charge in [0.2, 0.25) is 0 Å². The standard InChI is InChI=1S/C15H25N3O/c1-3-18-15(14(19-2)9-17-18)13(16)8-12-7-10-4-5-11(12)6-10/h9-13H,3-8,16H2,1-2H3. The molecular weight excluding hydrogens is 238 g/mol. The van der Waals surface area contributed by atoms with E-state index in [-0.39, 0.29) is 6.04 Å². The van der Waals surface area contributed by atoms with Gasteiger partial charge >= 0.3 is 0 Å². The fourth-order valence-electron chi connectivity index (χ4n) is 4.26. The zero-order chi connectivity index (χ0) is 13.4. The minimum atomic E-state index is 0.0572. The van der Waals surface area contributed by atoms with Crippen molar-refractivity contribution in [2.45, 2.75) is 51.6 Å². The maximum atomic E-state index is 6.46. The molecular formula is C15H25N3O. The zero-order valence-electron chi connectivity index (χ0n) is 12.0. The van der Waals surface area contributed by atoms with Crippen molar-refractivity contribution in [2.24, 2.45) is 23.5 Å². The lowest BCUT2D eigenvalue weighted by Crippen LogP contribution is -2.22. The maximum Gasteiger partial charge on any atom is 0.161 e. The first-order valence-corrected chi connectivity index (χ1v) is 7.58. The summed E-state index contributed by atoms with van der Waals surface area (Å²) in [6, 6.07) is 0.0572. The summed E-state index contributed by atoms with van der Waals surface area (Å²) in [7, 11) is 1.70. The van der Waals surface area contributed by atoms with Crippen molar-refractivity contribution in [1.82, 2.24) is 9.78 Å². The Morgan fingerprint density at radius 2 is 2.32 bits per heavy atom. The number of rotatable bonds is 5. The van der Waals surface area contributed by atoms with E-state index in [4.69, 9.17) is 10.5 Å². The van der Waals surface area contributed by atoms with Gasteiger partial charge in [-0.2, -0.15) is 5.10 Å². The summed E-state index contributed by atoms with van der Waals surface area (Å²) in [6.07, 6.45) is 8.59. The number of ether oxygens (including phenoxy) is 1. The molecule has 2 saturated carbocycles. The number of aryl methyl sites for hydroxylation is 1. The molecule has 4 atom stereocenters. The summed E-state index contributed by atoms with van der Waals surface area (Å²) < 4.78 is 7.39. The van der Waals surface area contributed by atoms with Crippen LogP contribution in [-0.2, 0) is 6.54 Å². The molecule has 2 N–H and O–H groups in total. The van der Waals surface area contributed by atoms with Gasteiger partial charge < -0.3 is 10.5 Å². The Bertz CT molecular complexity index is 421. The highest BCUT2D eigenvalue weighted by Gasteiger charge is 2.40. The predicted octanol–water partition coefficient (Wildman–Crippen LogP) is 2.74. The normalized spacial score (nSPS) is 30.8. The topological polar surface area (TPSA) is 53.1 Å². The smallest absolute Gasteiger partial charge is 0.161 e. The van der Waals surface area contributed by atoms with Crippen LogP contribution in [0.15, 0.2) is 6.20 Å². The number of hydrogen-bond acceptors (Lipinski definition) is 3. The summed E-state index contributed by atoms with van der Waals surface area (Å²) >= 11 is 0. The number of aromatic nitrogens is 2. The van der Waals surface area contributed by atoms with Crippen LogP contribution in [0.5, 0.6) is 5.75 Å². The van der Waals surface area contributed by atoms with E-state index in [2.05, 4.69) is 12.0 Å². The van der Waals surface area contributed by atoms with E-state index in [0.29, 0.717) is 0 Å². The Balaban J connectivity index is 1.73. The summed E-state index contributed by atoms with van der Waals surface area (Å²) in [6.45, 7) is 2.95. The Kier molecular flexibility index (Phi) is 3.52. The number of fused-ring (bicyclic) bond motifs is 2. The molecule has 4 unspecified atom stereocenters. The van der Waals surface area contributed by atoms with Gasteiger partial charge in [-0.3, -0.25) is 4.68 Å². The SMILES string of the molecule is CCn1ncc(OC)c1C(N)CC1CC2CCC1C2. The zero-order valence-corrected chi connectivity index (χ0v) is 12.0. The van der Waals surface area contributed by atoms with E-state index in [0.717, 1.165) is 42.2 Å². The van der Waals surface area contributed by atoms with Gasteiger partial charge in [-0.1, -0.05) is 6.42 Å². The second-order valence-corrected chi connectivity index (χ2v) is 6.19. The van der Waals surface area contributed by atoms with Crippen LogP contribution in [0.25, 0.3) is 0 Å².